The molecule has 0 heterocycles. The van der Waals surface area contributed by atoms with E-state index in [2.05, 4.69) is 0 Å². The first kappa shape index (κ1) is 22.6. The van der Waals surface area contributed by atoms with E-state index >= 15 is 0 Å². The van der Waals surface area contributed by atoms with Crippen molar-refractivity contribution in [3.63, 3.8) is 0 Å². The van der Waals surface area contributed by atoms with E-state index in [1.165, 1.54) is 0 Å². The second-order valence-electron chi connectivity index (χ2n) is 0.500. The van der Waals surface area contributed by atoms with E-state index in [0.29, 0.717) is 0 Å². The third kappa shape index (κ3) is 231. The van der Waals surface area contributed by atoms with Crippen LogP contribution in [0.4, 0.5) is 0 Å². The van der Waals surface area contributed by atoms with E-state index in [1.54, 1.807) is 0 Å². The molecule has 0 aromatic heterocycles. The van der Waals surface area contributed by atoms with E-state index in [9.17, 15) is 0 Å². The maximum atomic E-state index is 8.52. The molecule has 0 amide bonds. The second kappa shape index (κ2) is 17.1. The summed E-state index contributed by atoms with van der Waals surface area (Å²) in [7, 11) is -7.26. The molecule has 0 saturated heterocycles. The monoisotopic (exact) mass is 312 g/mol. The summed E-state index contributed by atoms with van der Waals surface area (Å²) in [5, 5.41) is 0. The van der Waals surface area contributed by atoms with Crippen LogP contribution in [0.5, 0.6) is 0 Å². The molecular weight excluding hydrogens is 312 g/mol. The summed E-state index contributed by atoms with van der Waals surface area (Å²) in [5.41, 5.74) is 0. The maximum Gasteiger partial charge on any atom is 3.00 e. The smallest absolute Gasteiger partial charge is 0.672 e. The molecule has 0 aliphatic rings. The van der Waals surface area contributed by atoms with Crippen molar-refractivity contribution in [2.75, 3.05) is 0 Å². The predicted octanol–water partition coefficient (Wildman–Crippen LogP) is -9.13. The fourth-order valence-electron chi connectivity index (χ4n) is 0. The van der Waals surface area contributed by atoms with Crippen LogP contribution in [-0.4, -0.2) is 35.7 Å². The fraction of sp³-hybridized carbons (Fsp3) is 0. The van der Waals surface area contributed by atoms with Crippen LogP contribution in [0.15, 0.2) is 0 Å². The van der Waals surface area contributed by atoms with Gasteiger partial charge in [0.1, 0.15) is 0 Å². The van der Waals surface area contributed by atoms with Crippen LogP contribution in [0.1, 0.15) is 0 Å². The van der Waals surface area contributed by atoms with Gasteiger partial charge >= 0.3 is 86.3 Å². The molecular formula is AlCsO6Si2. The molecule has 0 spiro atoms. The molecule has 0 aromatic rings. The molecule has 0 aliphatic heterocycles. The number of hydrogen-bond acceptors (Lipinski definition) is 6. The Morgan fingerprint density at radius 3 is 0.800 bits per heavy atom. The Bertz CT molecular complexity index is 73.7. The third-order valence-electron chi connectivity index (χ3n) is 0. The van der Waals surface area contributed by atoms with Gasteiger partial charge < -0.3 is 28.1 Å². The molecule has 6 nitrogen and oxygen atoms in total. The van der Waals surface area contributed by atoms with Gasteiger partial charge in [-0.25, -0.2) is 0 Å². The van der Waals surface area contributed by atoms with Gasteiger partial charge in [0.15, 0.2) is 0 Å². The van der Waals surface area contributed by atoms with Crippen molar-refractivity contribution in [3.05, 3.63) is 0 Å². The molecule has 0 bridgehead atoms. The summed E-state index contributed by atoms with van der Waals surface area (Å²) in [6.07, 6.45) is 0. The second-order valence-corrected chi connectivity index (χ2v) is 1.50. The zero-order valence-electron chi connectivity index (χ0n) is 5.03. The summed E-state index contributed by atoms with van der Waals surface area (Å²) in [5.74, 6) is 0. The van der Waals surface area contributed by atoms with Gasteiger partial charge in [0, 0.05) is 18.3 Å². The van der Waals surface area contributed by atoms with E-state index < -0.39 is 18.3 Å². The van der Waals surface area contributed by atoms with Gasteiger partial charge in [0.25, 0.3) is 0 Å². The largest absolute Gasteiger partial charge is 3.00 e. The summed E-state index contributed by atoms with van der Waals surface area (Å²) < 4.78 is 17.0. The van der Waals surface area contributed by atoms with Crippen molar-refractivity contribution in [1.29, 1.82) is 0 Å². The van der Waals surface area contributed by atoms with Gasteiger partial charge in [-0.2, -0.15) is 0 Å². The Kier molecular flexibility index (Phi) is 38.6. The Hall–Kier alpha value is 1.82. The average Bonchev–Trinajstić information content (AvgIpc) is 1.25. The summed E-state index contributed by atoms with van der Waals surface area (Å²) in [6.45, 7) is 0. The Labute approximate surface area is 130 Å². The molecule has 0 radical (unpaired) electrons. The minimum Gasteiger partial charge on any atom is -0.672 e. The van der Waals surface area contributed by atoms with Crippen LogP contribution in [0.3, 0.4) is 0 Å². The molecule has 10 heteroatoms. The van der Waals surface area contributed by atoms with Crippen LogP contribution in [-0.2, 0) is 8.92 Å². The van der Waals surface area contributed by atoms with Gasteiger partial charge in [-0.05, 0) is 0 Å². The summed E-state index contributed by atoms with van der Waals surface area (Å²) in [4.78, 5) is 34.1. The molecule has 0 fully saturated rings. The molecule has 0 atom stereocenters. The molecule has 0 unspecified atom stereocenters. The Morgan fingerprint density at radius 2 is 0.800 bits per heavy atom. The predicted molar refractivity (Wildman–Crippen MR) is 18.6 cm³/mol. The van der Waals surface area contributed by atoms with Crippen LogP contribution in [0.2, 0.25) is 0 Å². The first-order valence-corrected chi connectivity index (χ1v) is 3.67. The van der Waals surface area contributed by atoms with Gasteiger partial charge in [0.2, 0.25) is 0 Å². The fourth-order valence-corrected chi connectivity index (χ4v) is 0. The van der Waals surface area contributed by atoms with Crippen molar-refractivity contribution < 1.29 is 97.0 Å². The molecule has 0 saturated carbocycles. The standard InChI is InChI=1S/Al.Cs.2O3Si/c;;2*1-4(2)3/q+3;+1;2*-2. The van der Waals surface area contributed by atoms with Crippen molar-refractivity contribution >= 4 is 35.7 Å². The van der Waals surface area contributed by atoms with Crippen molar-refractivity contribution in [2.24, 2.45) is 0 Å². The Morgan fingerprint density at radius 1 is 0.800 bits per heavy atom. The number of rotatable bonds is 0. The summed E-state index contributed by atoms with van der Waals surface area (Å²) >= 11 is 0. The SMILES string of the molecule is O=[Si]([O-])[O-].O=[Si]([O-])[O-].[Al+3].[Cs+]. The molecule has 0 N–H and O–H groups in total. The number of hydrogen-bond donors (Lipinski definition) is 0. The Balaban J connectivity index is -0.0000000300. The van der Waals surface area contributed by atoms with Gasteiger partial charge in [-0.1, -0.05) is 0 Å². The topological polar surface area (TPSA) is 126 Å². The van der Waals surface area contributed by atoms with E-state index in [-0.39, 0.29) is 86.3 Å². The third-order valence-corrected chi connectivity index (χ3v) is 0. The van der Waals surface area contributed by atoms with Gasteiger partial charge in [0.05, 0.1) is 0 Å². The van der Waals surface area contributed by atoms with E-state index in [1.807, 2.05) is 0 Å². The van der Waals surface area contributed by atoms with Crippen molar-refractivity contribution in [3.8, 4) is 0 Å². The first-order chi connectivity index (χ1) is 3.46. The van der Waals surface area contributed by atoms with Crippen LogP contribution in [0, 0.1) is 0 Å². The van der Waals surface area contributed by atoms with Crippen molar-refractivity contribution in [2.45, 2.75) is 0 Å². The average molecular weight is 312 g/mol. The van der Waals surface area contributed by atoms with Crippen molar-refractivity contribution in [1.82, 2.24) is 0 Å². The van der Waals surface area contributed by atoms with Crippen LogP contribution < -0.4 is 88.1 Å². The minimum absolute atomic E-state index is 0. The maximum absolute atomic E-state index is 8.52. The first-order valence-electron chi connectivity index (χ1n) is 1.22. The molecule has 0 aromatic carbocycles. The molecule has 48 valence electrons. The van der Waals surface area contributed by atoms with Gasteiger partial charge in [-0.3, -0.25) is 0 Å². The minimum atomic E-state index is -3.63. The summed E-state index contributed by atoms with van der Waals surface area (Å²) in [6, 6.07) is 0. The zero-order valence-corrected chi connectivity index (χ0v) is 14.5. The van der Waals surface area contributed by atoms with Crippen LogP contribution >= 0.6 is 0 Å². The molecule has 10 heavy (non-hydrogen) atoms. The normalized spacial score (nSPS) is 4.80. The van der Waals surface area contributed by atoms with E-state index in [0.717, 1.165) is 0 Å². The molecule has 0 aliphatic carbocycles. The molecule has 0 rings (SSSR count). The van der Waals surface area contributed by atoms with Gasteiger partial charge in [-0.15, -0.1) is 0 Å². The van der Waals surface area contributed by atoms with E-state index in [4.69, 9.17) is 28.1 Å². The quantitative estimate of drug-likeness (QED) is 0.409. The zero-order chi connectivity index (χ0) is 7.15. The van der Waals surface area contributed by atoms with Crippen LogP contribution in [0.25, 0.3) is 0 Å².